The molecular weight excluding hydrogens is 242 g/mol. The topological polar surface area (TPSA) is 66.3 Å². The van der Waals surface area contributed by atoms with Crippen LogP contribution in [0.15, 0.2) is 18.9 Å². The van der Waals surface area contributed by atoms with Crippen LogP contribution in [-0.4, -0.2) is 33.6 Å². The van der Waals surface area contributed by atoms with Crippen LogP contribution in [0, 0.1) is 0 Å². The van der Waals surface area contributed by atoms with Crippen molar-refractivity contribution < 1.29 is 9.90 Å². The molecule has 5 heteroatoms. The Labute approximate surface area is 114 Å². The summed E-state index contributed by atoms with van der Waals surface area (Å²) >= 11 is 0. The van der Waals surface area contributed by atoms with Gasteiger partial charge in [-0.3, -0.25) is 0 Å². The molecule has 0 spiro atoms. The maximum atomic E-state index is 11.4. The summed E-state index contributed by atoms with van der Waals surface area (Å²) in [6, 6.07) is 0.143. The minimum absolute atomic E-state index is 0.0502. The first-order valence-electron chi connectivity index (χ1n) is 6.36. The first-order valence-corrected chi connectivity index (χ1v) is 6.36. The zero-order valence-electron chi connectivity index (χ0n) is 11.9. The summed E-state index contributed by atoms with van der Waals surface area (Å²) in [5.41, 5.74) is 0.584. The third-order valence-corrected chi connectivity index (χ3v) is 2.77. The molecule has 1 heterocycles. The fourth-order valence-corrected chi connectivity index (χ4v) is 1.76. The summed E-state index contributed by atoms with van der Waals surface area (Å²) in [6.45, 7) is 12.1. The maximum Gasteiger partial charge on any atom is 0.356 e. The van der Waals surface area contributed by atoms with Crippen molar-refractivity contribution in [1.82, 2.24) is 9.97 Å². The van der Waals surface area contributed by atoms with E-state index in [9.17, 15) is 9.90 Å². The number of anilines is 1. The van der Waals surface area contributed by atoms with Gasteiger partial charge < -0.3 is 10.0 Å². The van der Waals surface area contributed by atoms with Gasteiger partial charge in [-0.2, -0.15) is 0 Å². The van der Waals surface area contributed by atoms with Gasteiger partial charge in [-0.25, -0.2) is 14.8 Å². The molecule has 0 fully saturated rings. The van der Waals surface area contributed by atoms with Crippen molar-refractivity contribution in [3.05, 3.63) is 30.4 Å². The average Bonchev–Trinajstić information content (AvgIpc) is 2.34. The van der Waals surface area contributed by atoms with Gasteiger partial charge in [0.1, 0.15) is 5.82 Å². The highest BCUT2D eigenvalue weighted by atomic mass is 16.4. The third kappa shape index (κ3) is 3.53. The first-order chi connectivity index (χ1) is 8.88. The van der Waals surface area contributed by atoms with Gasteiger partial charge in [-0.05, 0) is 13.8 Å². The molecule has 104 valence electrons. The molecule has 0 bridgehead atoms. The SMILES string of the molecule is C=CCN(c1cnc(C(C)C)nc1C(=O)O)C(C)C. The molecule has 0 aliphatic carbocycles. The number of hydrogen-bond acceptors (Lipinski definition) is 4. The summed E-state index contributed by atoms with van der Waals surface area (Å²) in [4.78, 5) is 21.7. The van der Waals surface area contributed by atoms with Crippen LogP contribution in [-0.2, 0) is 0 Å². The Bertz CT molecular complexity index is 470. The third-order valence-electron chi connectivity index (χ3n) is 2.77. The molecule has 19 heavy (non-hydrogen) atoms. The van der Waals surface area contributed by atoms with Crippen LogP contribution in [0.2, 0.25) is 0 Å². The van der Waals surface area contributed by atoms with Crippen molar-refractivity contribution in [3.8, 4) is 0 Å². The Balaban J connectivity index is 3.32. The predicted octanol–water partition coefficient (Wildman–Crippen LogP) is 2.70. The van der Waals surface area contributed by atoms with Gasteiger partial charge in [0, 0.05) is 18.5 Å². The summed E-state index contributed by atoms with van der Waals surface area (Å²) in [5.74, 6) is -0.392. The molecule has 0 atom stereocenters. The largest absolute Gasteiger partial charge is 0.476 e. The number of carbonyl (C=O) groups is 1. The van der Waals surface area contributed by atoms with E-state index in [-0.39, 0.29) is 17.7 Å². The van der Waals surface area contributed by atoms with E-state index in [2.05, 4.69) is 16.5 Å². The smallest absolute Gasteiger partial charge is 0.356 e. The normalized spacial score (nSPS) is 10.8. The van der Waals surface area contributed by atoms with Gasteiger partial charge in [-0.15, -0.1) is 6.58 Å². The molecule has 1 aromatic rings. The van der Waals surface area contributed by atoms with E-state index in [0.717, 1.165) is 0 Å². The van der Waals surface area contributed by atoms with E-state index in [1.165, 1.54) is 0 Å². The second-order valence-corrected chi connectivity index (χ2v) is 4.96. The van der Waals surface area contributed by atoms with Gasteiger partial charge in [0.2, 0.25) is 0 Å². The van der Waals surface area contributed by atoms with Gasteiger partial charge in [-0.1, -0.05) is 19.9 Å². The lowest BCUT2D eigenvalue weighted by atomic mass is 10.2. The Morgan fingerprint density at radius 2 is 2.11 bits per heavy atom. The van der Waals surface area contributed by atoms with Crippen LogP contribution in [0.5, 0.6) is 0 Å². The van der Waals surface area contributed by atoms with Gasteiger partial charge in [0.25, 0.3) is 0 Å². The predicted molar refractivity (Wildman–Crippen MR) is 75.8 cm³/mol. The van der Waals surface area contributed by atoms with Gasteiger partial charge >= 0.3 is 5.97 Å². The highest BCUT2D eigenvalue weighted by molar-refractivity contribution is 5.92. The van der Waals surface area contributed by atoms with Gasteiger partial charge in [0.15, 0.2) is 5.69 Å². The summed E-state index contributed by atoms with van der Waals surface area (Å²) in [5, 5.41) is 9.33. The van der Waals surface area contributed by atoms with E-state index in [1.807, 2.05) is 32.6 Å². The minimum Gasteiger partial charge on any atom is -0.476 e. The average molecular weight is 263 g/mol. The van der Waals surface area contributed by atoms with Crippen molar-refractivity contribution in [1.29, 1.82) is 0 Å². The molecule has 0 saturated heterocycles. The van der Waals surface area contributed by atoms with E-state index in [4.69, 9.17) is 0 Å². The lowest BCUT2D eigenvalue weighted by Gasteiger charge is -2.28. The van der Waals surface area contributed by atoms with E-state index < -0.39 is 5.97 Å². The Kier molecular flexibility index (Phi) is 5.03. The summed E-state index contributed by atoms with van der Waals surface area (Å²) in [6.07, 6.45) is 3.33. The van der Waals surface area contributed by atoms with Crippen LogP contribution in [0.1, 0.15) is 49.9 Å². The molecular formula is C14H21N3O2. The second kappa shape index (κ2) is 6.31. The number of aromatic nitrogens is 2. The molecule has 0 unspecified atom stereocenters. The zero-order valence-corrected chi connectivity index (χ0v) is 11.9. The highest BCUT2D eigenvalue weighted by Gasteiger charge is 2.21. The van der Waals surface area contributed by atoms with Crippen LogP contribution in [0.25, 0.3) is 0 Å². The molecule has 1 N–H and O–H groups in total. The lowest BCUT2D eigenvalue weighted by Crippen LogP contribution is -2.33. The quantitative estimate of drug-likeness (QED) is 0.799. The monoisotopic (exact) mass is 263 g/mol. The maximum absolute atomic E-state index is 11.4. The summed E-state index contributed by atoms with van der Waals surface area (Å²) < 4.78 is 0. The van der Waals surface area contributed by atoms with Crippen molar-refractivity contribution in [2.24, 2.45) is 0 Å². The van der Waals surface area contributed by atoms with Crippen molar-refractivity contribution in [3.63, 3.8) is 0 Å². The number of aromatic carboxylic acids is 1. The lowest BCUT2D eigenvalue weighted by molar-refractivity contribution is 0.0690. The fourth-order valence-electron chi connectivity index (χ4n) is 1.76. The molecule has 0 aliphatic rings. The second-order valence-electron chi connectivity index (χ2n) is 4.96. The van der Waals surface area contributed by atoms with Crippen molar-refractivity contribution >= 4 is 11.7 Å². The van der Waals surface area contributed by atoms with Crippen LogP contribution in [0.4, 0.5) is 5.69 Å². The Hall–Kier alpha value is -1.91. The molecule has 0 saturated carbocycles. The van der Waals surface area contributed by atoms with E-state index in [1.54, 1.807) is 12.3 Å². The zero-order chi connectivity index (χ0) is 14.6. The molecule has 0 amide bonds. The van der Waals surface area contributed by atoms with Crippen molar-refractivity contribution in [2.45, 2.75) is 39.7 Å². The number of nitrogens with zero attached hydrogens (tertiary/aromatic N) is 3. The molecule has 1 rings (SSSR count). The number of hydrogen-bond donors (Lipinski definition) is 1. The Morgan fingerprint density at radius 3 is 2.53 bits per heavy atom. The summed E-state index contributed by atoms with van der Waals surface area (Å²) in [7, 11) is 0. The minimum atomic E-state index is -1.03. The molecule has 0 aliphatic heterocycles. The highest BCUT2D eigenvalue weighted by Crippen LogP contribution is 2.22. The van der Waals surface area contributed by atoms with Crippen LogP contribution in [0.3, 0.4) is 0 Å². The molecule has 5 nitrogen and oxygen atoms in total. The molecule has 1 aromatic heterocycles. The van der Waals surface area contributed by atoms with Crippen LogP contribution < -0.4 is 4.90 Å². The van der Waals surface area contributed by atoms with E-state index in [0.29, 0.717) is 18.1 Å². The fraction of sp³-hybridized carbons (Fsp3) is 0.500. The molecule has 0 radical (unpaired) electrons. The Morgan fingerprint density at radius 1 is 1.47 bits per heavy atom. The van der Waals surface area contributed by atoms with Crippen LogP contribution >= 0.6 is 0 Å². The first kappa shape index (κ1) is 15.1. The number of rotatable bonds is 6. The molecule has 0 aromatic carbocycles. The van der Waals surface area contributed by atoms with Gasteiger partial charge in [0.05, 0.1) is 11.9 Å². The number of carboxylic acids is 1. The standard InChI is InChI=1S/C14H21N3O2/c1-6-7-17(10(4)5)11-8-15-13(9(2)3)16-12(11)14(18)19/h6,8-10H,1,7H2,2-5H3,(H,18,19). The van der Waals surface area contributed by atoms with Crippen molar-refractivity contribution in [2.75, 3.05) is 11.4 Å². The van der Waals surface area contributed by atoms with E-state index >= 15 is 0 Å². The number of carboxylic acid groups (broad SMARTS) is 1.